The van der Waals surface area contributed by atoms with E-state index in [-0.39, 0.29) is 11.4 Å². The van der Waals surface area contributed by atoms with Crippen molar-refractivity contribution in [2.75, 3.05) is 0 Å². The normalized spacial score (nSPS) is 17.1. The molecule has 1 heterocycles. The van der Waals surface area contributed by atoms with Crippen LogP contribution in [0.3, 0.4) is 0 Å². The highest BCUT2D eigenvalue weighted by molar-refractivity contribution is 5.92. The lowest BCUT2D eigenvalue weighted by Crippen LogP contribution is -2.24. The Balaban J connectivity index is 2.31. The van der Waals surface area contributed by atoms with Crippen LogP contribution in [0, 0.1) is 0 Å². The molecule has 1 aliphatic heterocycles. The Labute approximate surface area is 94.5 Å². The van der Waals surface area contributed by atoms with Gasteiger partial charge in [-0.3, -0.25) is 0 Å². The molecule has 0 saturated carbocycles. The molecule has 0 amide bonds. The number of ether oxygens (including phenoxy) is 1. The minimum atomic E-state index is -0.211. The number of benzene rings is 2. The summed E-state index contributed by atoms with van der Waals surface area (Å²) in [6.07, 6.45) is 0.848. The molecule has 0 fully saturated rings. The molecule has 2 heteroatoms. The minimum absolute atomic E-state index is 0.211. The summed E-state index contributed by atoms with van der Waals surface area (Å²) >= 11 is 0. The van der Waals surface area contributed by atoms with Crippen LogP contribution in [0.15, 0.2) is 30.3 Å². The van der Waals surface area contributed by atoms with Crippen molar-refractivity contribution in [2.24, 2.45) is 0 Å². The zero-order chi connectivity index (χ0) is 11.3. The molecule has 2 aromatic rings. The first-order chi connectivity index (χ1) is 7.57. The zero-order valence-electron chi connectivity index (χ0n) is 9.45. The van der Waals surface area contributed by atoms with E-state index >= 15 is 0 Å². The number of phenolic OH excluding ortho intramolecular Hbond substituents is 1. The molecule has 0 spiro atoms. The maximum atomic E-state index is 10.2. The summed E-state index contributed by atoms with van der Waals surface area (Å²) in [6, 6.07) is 9.95. The fraction of sp³-hybridized carbons (Fsp3) is 0.286. The lowest BCUT2D eigenvalue weighted by atomic mass is 9.99. The Kier molecular flexibility index (Phi) is 1.73. The molecule has 82 valence electrons. The van der Waals surface area contributed by atoms with Crippen LogP contribution in [0.25, 0.3) is 10.8 Å². The van der Waals surface area contributed by atoms with Gasteiger partial charge in [-0.1, -0.05) is 24.3 Å². The maximum absolute atomic E-state index is 10.2. The summed E-state index contributed by atoms with van der Waals surface area (Å²) in [7, 11) is 0. The van der Waals surface area contributed by atoms with Crippen molar-refractivity contribution in [2.45, 2.75) is 25.9 Å². The van der Waals surface area contributed by atoms with Crippen molar-refractivity contribution < 1.29 is 9.84 Å². The van der Waals surface area contributed by atoms with E-state index in [1.54, 1.807) is 0 Å². The van der Waals surface area contributed by atoms with Gasteiger partial charge >= 0.3 is 0 Å². The lowest BCUT2D eigenvalue weighted by molar-refractivity contribution is 0.134. The van der Waals surface area contributed by atoms with Crippen LogP contribution in [0.2, 0.25) is 0 Å². The standard InChI is InChI=1S/C14H14O2/c1-14(2)8-10-7-9-5-3-4-6-11(9)12(15)13(10)16-14/h3-7,15H,8H2,1-2H3. The summed E-state index contributed by atoms with van der Waals surface area (Å²) in [4.78, 5) is 0. The van der Waals surface area contributed by atoms with Gasteiger partial charge in [0.15, 0.2) is 11.5 Å². The summed E-state index contributed by atoms with van der Waals surface area (Å²) in [5, 5.41) is 12.1. The molecule has 0 aromatic heterocycles. The first-order valence-electron chi connectivity index (χ1n) is 5.49. The van der Waals surface area contributed by atoms with E-state index in [9.17, 15) is 5.11 Å². The third-order valence-electron chi connectivity index (χ3n) is 3.05. The highest BCUT2D eigenvalue weighted by Gasteiger charge is 2.32. The Morgan fingerprint density at radius 2 is 2.00 bits per heavy atom. The van der Waals surface area contributed by atoms with Gasteiger partial charge in [-0.2, -0.15) is 0 Å². The predicted molar refractivity (Wildman–Crippen MR) is 64.0 cm³/mol. The van der Waals surface area contributed by atoms with E-state index in [2.05, 4.69) is 6.07 Å². The van der Waals surface area contributed by atoms with E-state index in [0.717, 1.165) is 22.8 Å². The smallest absolute Gasteiger partial charge is 0.166 e. The van der Waals surface area contributed by atoms with Crippen molar-refractivity contribution in [1.82, 2.24) is 0 Å². The van der Waals surface area contributed by atoms with E-state index < -0.39 is 0 Å². The molecule has 0 saturated heterocycles. The first-order valence-corrected chi connectivity index (χ1v) is 5.49. The average Bonchev–Trinajstić information content (AvgIpc) is 2.53. The number of aromatic hydroxyl groups is 1. The molecule has 0 atom stereocenters. The second-order valence-electron chi connectivity index (χ2n) is 4.97. The Hall–Kier alpha value is -1.70. The van der Waals surface area contributed by atoms with Crippen LogP contribution in [0.5, 0.6) is 11.5 Å². The van der Waals surface area contributed by atoms with Gasteiger partial charge in [-0.15, -0.1) is 0 Å². The number of rotatable bonds is 0. The minimum Gasteiger partial charge on any atom is -0.504 e. The molecule has 3 rings (SSSR count). The highest BCUT2D eigenvalue weighted by atomic mass is 16.5. The molecule has 1 N–H and O–H groups in total. The van der Waals surface area contributed by atoms with Gasteiger partial charge < -0.3 is 9.84 Å². The second kappa shape index (κ2) is 2.91. The Morgan fingerprint density at radius 3 is 2.81 bits per heavy atom. The van der Waals surface area contributed by atoms with Crippen LogP contribution in [0.1, 0.15) is 19.4 Å². The number of fused-ring (bicyclic) bond motifs is 2. The topological polar surface area (TPSA) is 29.5 Å². The summed E-state index contributed by atoms with van der Waals surface area (Å²) in [5.41, 5.74) is 0.887. The van der Waals surface area contributed by atoms with Crippen molar-refractivity contribution in [3.05, 3.63) is 35.9 Å². The molecular weight excluding hydrogens is 200 g/mol. The van der Waals surface area contributed by atoms with Crippen LogP contribution >= 0.6 is 0 Å². The molecule has 2 aromatic carbocycles. The van der Waals surface area contributed by atoms with Gasteiger partial charge in [-0.25, -0.2) is 0 Å². The van der Waals surface area contributed by atoms with Gasteiger partial charge in [0.05, 0.1) is 0 Å². The largest absolute Gasteiger partial charge is 0.504 e. The third-order valence-corrected chi connectivity index (χ3v) is 3.05. The fourth-order valence-electron chi connectivity index (χ4n) is 2.38. The number of hydrogen-bond acceptors (Lipinski definition) is 2. The average molecular weight is 214 g/mol. The van der Waals surface area contributed by atoms with E-state index in [4.69, 9.17) is 4.74 Å². The van der Waals surface area contributed by atoms with Gasteiger partial charge in [0.25, 0.3) is 0 Å². The van der Waals surface area contributed by atoms with Gasteiger partial charge in [-0.05, 0) is 25.3 Å². The van der Waals surface area contributed by atoms with E-state index in [1.165, 1.54) is 0 Å². The van der Waals surface area contributed by atoms with Crippen LogP contribution in [0.4, 0.5) is 0 Å². The summed E-state index contributed by atoms with van der Waals surface area (Å²) in [5.74, 6) is 0.933. The van der Waals surface area contributed by atoms with Crippen molar-refractivity contribution in [3.63, 3.8) is 0 Å². The second-order valence-corrected chi connectivity index (χ2v) is 4.97. The van der Waals surface area contributed by atoms with Crippen molar-refractivity contribution >= 4 is 10.8 Å². The maximum Gasteiger partial charge on any atom is 0.166 e. The van der Waals surface area contributed by atoms with E-state index in [1.807, 2.05) is 38.1 Å². The van der Waals surface area contributed by atoms with Crippen LogP contribution in [-0.4, -0.2) is 10.7 Å². The highest BCUT2D eigenvalue weighted by Crippen LogP contribution is 2.45. The summed E-state index contributed by atoms with van der Waals surface area (Å²) in [6.45, 7) is 4.08. The van der Waals surface area contributed by atoms with E-state index in [0.29, 0.717) is 5.75 Å². The molecule has 1 aliphatic rings. The fourth-order valence-corrected chi connectivity index (χ4v) is 2.38. The van der Waals surface area contributed by atoms with Gasteiger partial charge in [0, 0.05) is 17.4 Å². The molecule has 2 nitrogen and oxygen atoms in total. The number of hydrogen-bond donors (Lipinski definition) is 1. The third kappa shape index (κ3) is 1.26. The lowest BCUT2D eigenvalue weighted by Gasteiger charge is -2.17. The van der Waals surface area contributed by atoms with Crippen molar-refractivity contribution in [1.29, 1.82) is 0 Å². The molecule has 0 aliphatic carbocycles. The Bertz CT molecular complexity index is 570. The van der Waals surface area contributed by atoms with Gasteiger partial charge in [0.2, 0.25) is 0 Å². The van der Waals surface area contributed by atoms with Gasteiger partial charge in [0.1, 0.15) is 5.60 Å². The molecule has 16 heavy (non-hydrogen) atoms. The molecular formula is C14H14O2. The molecule has 0 unspecified atom stereocenters. The molecule has 0 radical (unpaired) electrons. The van der Waals surface area contributed by atoms with Crippen molar-refractivity contribution in [3.8, 4) is 11.5 Å². The molecule has 0 bridgehead atoms. The predicted octanol–water partition coefficient (Wildman–Crippen LogP) is 3.26. The first kappa shape index (κ1) is 9.52. The summed E-state index contributed by atoms with van der Waals surface area (Å²) < 4.78 is 5.78. The zero-order valence-corrected chi connectivity index (χ0v) is 9.45. The SMILES string of the molecule is CC1(C)Cc2cc3ccccc3c(O)c2O1. The number of phenols is 1. The van der Waals surface area contributed by atoms with Crippen LogP contribution in [-0.2, 0) is 6.42 Å². The quantitative estimate of drug-likeness (QED) is 0.729. The van der Waals surface area contributed by atoms with Crippen LogP contribution < -0.4 is 4.74 Å². The Morgan fingerprint density at radius 1 is 1.25 bits per heavy atom. The monoisotopic (exact) mass is 214 g/mol.